The summed E-state index contributed by atoms with van der Waals surface area (Å²) in [7, 11) is 1.58. The van der Waals surface area contributed by atoms with Crippen LogP contribution < -0.4 is 10.6 Å². The molecule has 3 N–H and O–H groups in total. The SMILES string of the molecule is CO[C@]1(C(=O)N[C@@H](C)c2ccc(-n3cc(F)cn3)nc2)CC[C@H](c2nc(Nc3cc(C)[nH]n3)c3ncccc3n2)CC1. The van der Waals surface area contributed by atoms with E-state index < -0.39 is 11.4 Å². The van der Waals surface area contributed by atoms with E-state index in [1.807, 2.05) is 38.1 Å². The van der Waals surface area contributed by atoms with Crippen LogP contribution in [0.15, 0.2) is 55.1 Å². The van der Waals surface area contributed by atoms with E-state index in [9.17, 15) is 9.18 Å². The Morgan fingerprint density at radius 2 is 2.02 bits per heavy atom. The zero-order valence-corrected chi connectivity index (χ0v) is 23.5. The maximum absolute atomic E-state index is 13.5. The molecule has 0 bridgehead atoms. The van der Waals surface area contributed by atoms with Gasteiger partial charge in [0, 0.05) is 37.2 Å². The highest BCUT2D eigenvalue weighted by Gasteiger charge is 2.43. The Labute approximate surface area is 241 Å². The first-order valence-electron chi connectivity index (χ1n) is 13.8. The normalized spacial score (nSPS) is 19.5. The number of aromatic amines is 1. The molecule has 0 unspecified atom stereocenters. The number of aryl methyl sites for hydroxylation is 1. The highest BCUT2D eigenvalue weighted by molar-refractivity contribution is 5.87. The van der Waals surface area contributed by atoms with Crippen molar-refractivity contribution in [1.29, 1.82) is 0 Å². The van der Waals surface area contributed by atoms with Crippen molar-refractivity contribution < 1.29 is 13.9 Å². The number of halogens is 1. The maximum Gasteiger partial charge on any atom is 0.252 e. The summed E-state index contributed by atoms with van der Waals surface area (Å²) in [6, 6.07) is 8.93. The molecule has 0 aromatic carbocycles. The summed E-state index contributed by atoms with van der Waals surface area (Å²) in [5.41, 5.74) is 2.18. The van der Waals surface area contributed by atoms with E-state index >= 15 is 0 Å². The van der Waals surface area contributed by atoms with E-state index in [0.29, 0.717) is 54.5 Å². The predicted octanol–water partition coefficient (Wildman–Crippen LogP) is 4.44. The maximum atomic E-state index is 13.5. The summed E-state index contributed by atoms with van der Waals surface area (Å²) in [5, 5.41) is 17.5. The summed E-state index contributed by atoms with van der Waals surface area (Å²) in [4.78, 5) is 32.1. The van der Waals surface area contributed by atoms with Crippen LogP contribution in [0.2, 0.25) is 0 Å². The molecule has 1 amide bonds. The van der Waals surface area contributed by atoms with Crippen molar-refractivity contribution in [2.75, 3.05) is 12.4 Å². The summed E-state index contributed by atoms with van der Waals surface area (Å²) in [6.45, 7) is 3.82. The standard InChI is InChI=1S/C29H31FN10O2/c1-17-13-23(39-38-17)36-27-25-22(5-4-12-31-25)35-26(37-27)19-8-10-29(42-3,11-9-19)28(41)34-18(2)20-6-7-24(32-14-20)40-16-21(30)15-33-40/h4-7,12-16,18-19H,8-11H2,1-3H3,(H,34,41)(H2,35,36,37,38,39)/t18-,19-,29+/m0/s1. The van der Waals surface area contributed by atoms with Gasteiger partial charge in [-0.3, -0.25) is 14.9 Å². The van der Waals surface area contributed by atoms with E-state index in [4.69, 9.17) is 14.7 Å². The topological polar surface area (TPSA) is 148 Å². The Morgan fingerprint density at radius 1 is 1.19 bits per heavy atom. The van der Waals surface area contributed by atoms with Gasteiger partial charge < -0.3 is 15.4 Å². The number of nitrogens with one attached hydrogen (secondary N) is 3. The van der Waals surface area contributed by atoms with Crippen molar-refractivity contribution in [3.05, 3.63) is 78.0 Å². The first-order valence-corrected chi connectivity index (χ1v) is 13.8. The summed E-state index contributed by atoms with van der Waals surface area (Å²) in [5.74, 6) is 1.87. The Kier molecular flexibility index (Phi) is 7.33. The molecule has 0 saturated heterocycles. The van der Waals surface area contributed by atoms with Gasteiger partial charge in [0.2, 0.25) is 0 Å². The van der Waals surface area contributed by atoms with Crippen LogP contribution >= 0.6 is 0 Å². The second-order valence-electron chi connectivity index (χ2n) is 10.6. The van der Waals surface area contributed by atoms with Crippen LogP contribution in [0.3, 0.4) is 0 Å². The summed E-state index contributed by atoms with van der Waals surface area (Å²) in [6.07, 6.45) is 8.14. The molecule has 13 heteroatoms. The molecule has 0 spiro atoms. The van der Waals surface area contributed by atoms with Crippen molar-refractivity contribution >= 4 is 28.6 Å². The van der Waals surface area contributed by atoms with Crippen LogP contribution in [-0.2, 0) is 9.53 Å². The molecule has 216 valence electrons. The van der Waals surface area contributed by atoms with Crippen molar-refractivity contribution in [2.45, 2.75) is 57.1 Å². The van der Waals surface area contributed by atoms with Crippen LogP contribution in [0.5, 0.6) is 0 Å². The number of anilines is 2. The molecule has 1 atom stereocenters. The fraction of sp³-hybridized carbons (Fsp3) is 0.345. The molecule has 6 rings (SSSR count). The molecule has 1 fully saturated rings. The fourth-order valence-electron chi connectivity index (χ4n) is 5.35. The fourth-order valence-corrected chi connectivity index (χ4v) is 5.35. The lowest BCUT2D eigenvalue weighted by atomic mass is 9.77. The summed E-state index contributed by atoms with van der Waals surface area (Å²) < 4.78 is 20.5. The monoisotopic (exact) mass is 570 g/mol. The molecule has 1 aliphatic carbocycles. The molecule has 1 saturated carbocycles. The number of methoxy groups -OCH3 is 1. The second-order valence-corrected chi connectivity index (χ2v) is 10.6. The number of nitrogens with zero attached hydrogens (tertiary/aromatic N) is 7. The minimum absolute atomic E-state index is 0.0495. The zero-order chi connectivity index (χ0) is 29.3. The smallest absolute Gasteiger partial charge is 0.252 e. The molecule has 0 aliphatic heterocycles. The predicted molar refractivity (Wildman–Crippen MR) is 153 cm³/mol. The quantitative estimate of drug-likeness (QED) is 0.246. The molecule has 42 heavy (non-hydrogen) atoms. The number of carbonyl (C=O) groups excluding carboxylic acids is 1. The summed E-state index contributed by atoms with van der Waals surface area (Å²) >= 11 is 0. The van der Waals surface area contributed by atoms with E-state index in [-0.39, 0.29) is 17.9 Å². The third kappa shape index (κ3) is 5.42. The number of amides is 1. The number of rotatable bonds is 8. The lowest BCUT2D eigenvalue weighted by molar-refractivity contribution is -0.148. The van der Waals surface area contributed by atoms with E-state index in [2.05, 4.69) is 35.9 Å². The molecular weight excluding hydrogens is 539 g/mol. The van der Waals surface area contributed by atoms with Crippen LogP contribution in [0.4, 0.5) is 16.0 Å². The number of pyridine rings is 2. The van der Waals surface area contributed by atoms with E-state index in [1.165, 1.54) is 10.9 Å². The van der Waals surface area contributed by atoms with Crippen LogP contribution in [0, 0.1) is 12.7 Å². The average molecular weight is 571 g/mol. The number of hydrogen-bond acceptors (Lipinski definition) is 9. The highest BCUT2D eigenvalue weighted by Crippen LogP contribution is 2.40. The van der Waals surface area contributed by atoms with E-state index in [1.54, 1.807) is 25.6 Å². The molecule has 5 heterocycles. The zero-order valence-electron chi connectivity index (χ0n) is 23.5. The largest absolute Gasteiger partial charge is 0.368 e. The number of aromatic nitrogens is 8. The van der Waals surface area contributed by atoms with Crippen LogP contribution in [0.25, 0.3) is 16.9 Å². The molecule has 0 radical (unpaired) electrons. The first-order chi connectivity index (χ1) is 20.3. The minimum atomic E-state index is -0.962. The average Bonchev–Trinajstić information content (AvgIpc) is 3.64. The highest BCUT2D eigenvalue weighted by atomic mass is 19.1. The van der Waals surface area contributed by atoms with Gasteiger partial charge in [0.1, 0.15) is 16.9 Å². The van der Waals surface area contributed by atoms with Crippen LogP contribution in [-0.4, -0.2) is 58.5 Å². The number of hydrogen-bond donors (Lipinski definition) is 3. The lowest BCUT2D eigenvalue weighted by Gasteiger charge is -2.38. The molecule has 1 aliphatic rings. The van der Waals surface area contributed by atoms with Crippen LogP contribution in [0.1, 0.15) is 61.6 Å². The first kappa shape index (κ1) is 27.4. The minimum Gasteiger partial charge on any atom is -0.368 e. The third-order valence-electron chi connectivity index (χ3n) is 7.79. The van der Waals surface area contributed by atoms with Gasteiger partial charge in [-0.1, -0.05) is 6.07 Å². The molecule has 12 nitrogen and oxygen atoms in total. The van der Waals surface area contributed by atoms with Gasteiger partial charge in [-0.25, -0.2) is 24.0 Å². The second kappa shape index (κ2) is 11.2. The molecular formula is C29H31FN10O2. The van der Waals surface area contributed by atoms with Crippen molar-refractivity contribution in [3.63, 3.8) is 0 Å². The Bertz CT molecular complexity index is 1710. The van der Waals surface area contributed by atoms with Crippen molar-refractivity contribution in [3.8, 4) is 5.82 Å². The number of ether oxygens (including phenoxy) is 1. The van der Waals surface area contributed by atoms with Gasteiger partial charge in [0.25, 0.3) is 5.91 Å². The Balaban J connectivity index is 1.14. The van der Waals surface area contributed by atoms with Gasteiger partial charge in [-0.05, 0) is 63.3 Å². The number of carbonyl (C=O) groups is 1. The third-order valence-corrected chi connectivity index (χ3v) is 7.79. The van der Waals surface area contributed by atoms with Gasteiger partial charge >= 0.3 is 0 Å². The van der Waals surface area contributed by atoms with Gasteiger partial charge in [-0.15, -0.1) is 0 Å². The molecule has 5 aromatic heterocycles. The van der Waals surface area contributed by atoms with Gasteiger partial charge in [0.15, 0.2) is 23.3 Å². The lowest BCUT2D eigenvalue weighted by Crippen LogP contribution is -2.50. The van der Waals surface area contributed by atoms with Crippen molar-refractivity contribution in [2.24, 2.45) is 0 Å². The Morgan fingerprint density at radius 3 is 2.69 bits per heavy atom. The number of fused-ring (bicyclic) bond motifs is 1. The molecule has 5 aromatic rings. The van der Waals surface area contributed by atoms with Crippen molar-refractivity contribution in [1.82, 2.24) is 45.2 Å². The number of H-pyrrole nitrogens is 1. The van der Waals surface area contributed by atoms with Gasteiger partial charge in [-0.2, -0.15) is 10.2 Å². The van der Waals surface area contributed by atoms with Gasteiger partial charge in [0.05, 0.1) is 24.0 Å². The van der Waals surface area contributed by atoms with E-state index in [0.717, 1.165) is 23.0 Å². The Hall–Kier alpha value is -4.78.